The molecule has 0 radical (unpaired) electrons. The lowest BCUT2D eigenvalue weighted by Crippen LogP contribution is -2.44. The Bertz CT molecular complexity index is 708. The number of benzene rings is 1. The second-order valence-electron chi connectivity index (χ2n) is 7.08. The van der Waals surface area contributed by atoms with Crippen LogP contribution in [0.2, 0.25) is 0 Å². The summed E-state index contributed by atoms with van der Waals surface area (Å²) in [4.78, 5) is 38.0. The smallest absolute Gasteiger partial charge is 0.325 e. The van der Waals surface area contributed by atoms with E-state index in [1.54, 1.807) is 0 Å². The minimum atomic E-state index is -0.669. The largest absolute Gasteiger partial charge is 0.326 e. The summed E-state index contributed by atoms with van der Waals surface area (Å²) in [5.74, 6) is -0.221. The lowest BCUT2D eigenvalue weighted by Gasteiger charge is -2.20. The molecular weight excluding hydrogens is 318 g/mol. The molecule has 1 aromatic rings. The molecule has 6 nitrogen and oxygen atoms in total. The molecule has 1 saturated carbocycles. The number of aryl methyl sites for hydroxylation is 1. The van der Waals surface area contributed by atoms with Crippen LogP contribution in [0.15, 0.2) is 18.2 Å². The quantitative estimate of drug-likeness (QED) is 0.807. The van der Waals surface area contributed by atoms with Crippen LogP contribution < -0.4 is 10.6 Å². The number of carbonyl (C=O) groups excluding carboxylic acids is 3. The van der Waals surface area contributed by atoms with Crippen molar-refractivity contribution in [2.75, 3.05) is 11.9 Å². The van der Waals surface area contributed by atoms with Crippen molar-refractivity contribution >= 4 is 23.5 Å². The van der Waals surface area contributed by atoms with Crippen molar-refractivity contribution in [2.24, 2.45) is 0 Å². The Hall–Kier alpha value is -2.37. The van der Waals surface area contributed by atoms with Crippen LogP contribution in [0.5, 0.6) is 0 Å². The molecular formula is C19H25N3O3. The molecule has 0 unspecified atom stereocenters. The molecule has 0 bridgehead atoms. The lowest BCUT2D eigenvalue weighted by molar-refractivity contribution is -0.131. The number of hydrogen-bond donors (Lipinski definition) is 2. The van der Waals surface area contributed by atoms with E-state index in [4.69, 9.17) is 0 Å². The van der Waals surface area contributed by atoms with Gasteiger partial charge in [0.25, 0.3) is 5.91 Å². The highest BCUT2D eigenvalue weighted by Crippen LogP contribution is 2.35. The lowest BCUT2D eigenvalue weighted by atomic mass is 9.98. The Kier molecular flexibility index (Phi) is 4.79. The minimum absolute atomic E-state index is 0.101. The second-order valence-corrected chi connectivity index (χ2v) is 7.08. The van der Waals surface area contributed by atoms with Crippen LogP contribution >= 0.6 is 0 Å². The fourth-order valence-electron chi connectivity index (χ4n) is 3.69. The maximum Gasteiger partial charge on any atom is 0.325 e. The van der Waals surface area contributed by atoms with Crippen molar-refractivity contribution in [3.05, 3.63) is 29.3 Å². The average Bonchev–Trinajstić information content (AvgIpc) is 3.12. The van der Waals surface area contributed by atoms with Crippen LogP contribution in [0.4, 0.5) is 10.5 Å². The molecule has 1 saturated heterocycles. The number of carbonyl (C=O) groups is 3. The Morgan fingerprint density at radius 3 is 2.68 bits per heavy atom. The standard InChI is InChI=1S/C19H25N3O3/c1-13-7-5-8-15(14(13)2)20-16(23)9-6-12-22-17(24)19(21-18(22)25)10-3-4-11-19/h5,7-8H,3-4,6,9-12H2,1-2H3,(H,20,23)(H,21,25). The first kappa shape index (κ1) is 17.5. The zero-order chi connectivity index (χ0) is 18.0. The van der Waals surface area contributed by atoms with Crippen LogP contribution in [0.25, 0.3) is 0 Å². The predicted molar refractivity (Wildman–Crippen MR) is 95.2 cm³/mol. The van der Waals surface area contributed by atoms with E-state index in [1.807, 2.05) is 32.0 Å². The van der Waals surface area contributed by atoms with Crippen molar-refractivity contribution in [3.63, 3.8) is 0 Å². The second kappa shape index (κ2) is 6.86. The summed E-state index contributed by atoms with van der Waals surface area (Å²) in [6.07, 6.45) is 4.13. The van der Waals surface area contributed by atoms with Gasteiger partial charge in [-0.15, -0.1) is 0 Å². The molecule has 4 amide bonds. The number of hydrogen-bond acceptors (Lipinski definition) is 3. The van der Waals surface area contributed by atoms with E-state index in [9.17, 15) is 14.4 Å². The first-order valence-corrected chi connectivity index (χ1v) is 8.93. The van der Waals surface area contributed by atoms with Crippen molar-refractivity contribution in [2.45, 2.75) is 57.9 Å². The van der Waals surface area contributed by atoms with Gasteiger partial charge in [-0.2, -0.15) is 0 Å². The van der Waals surface area contributed by atoms with Crippen LogP contribution in [0, 0.1) is 13.8 Å². The van der Waals surface area contributed by atoms with Crippen LogP contribution in [-0.4, -0.2) is 34.8 Å². The van der Waals surface area contributed by atoms with Gasteiger partial charge >= 0.3 is 6.03 Å². The number of anilines is 1. The molecule has 2 aliphatic rings. The fraction of sp³-hybridized carbons (Fsp3) is 0.526. The van der Waals surface area contributed by atoms with Gasteiger partial charge < -0.3 is 10.6 Å². The molecule has 1 spiro atoms. The zero-order valence-corrected chi connectivity index (χ0v) is 14.9. The van der Waals surface area contributed by atoms with Crippen LogP contribution in [0.3, 0.4) is 0 Å². The number of nitrogens with one attached hydrogen (secondary N) is 2. The number of amides is 4. The highest BCUT2D eigenvalue weighted by atomic mass is 16.2. The minimum Gasteiger partial charge on any atom is -0.326 e. The van der Waals surface area contributed by atoms with Gasteiger partial charge in [-0.3, -0.25) is 14.5 Å². The highest BCUT2D eigenvalue weighted by Gasteiger charge is 2.51. The maximum absolute atomic E-state index is 12.5. The monoisotopic (exact) mass is 343 g/mol. The van der Waals surface area contributed by atoms with Gasteiger partial charge in [0, 0.05) is 18.7 Å². The summed E-state index contributed by atoms with van der Waals surface area (Å²) < 4.78 is 0. The van der Waals surface area contributed by atoms with Crippen molar-refractivity contribution in [1.82, 2.24) is 10.2 Å². The molecule has 6 heteroatoms. The summed E-state index contributed by atoms with van der Waals surface area (Å²) in [7, 11) is 0. The summed E-state index contributed by atoms with van der Waals surface area (Å²) in [6.45, 7) is 4.26. The molecule has 134 valence electrons. The van der Waals surface area contributed by atoms with E-state index >= 15 is 0 Å². The van der Waals surface area contributed by atoms with E-state index in [0.717, 1.165) is 42.5 Å². The molecule has 1 heterocycles. The molecule has 0 atom stereocenters. The van der Waals surface area contributed by atoms with Gasteiger partial charge in [-0.1, -0.05) is 25.0 Å². The summed E-state index contributed by atoms with van der Waals surface area (Å²) >= 11 is 0. The van der Waals surface area contributed by atoms with Crippen molar-refractivity contribution < 1.29 is 14.4 Å². The topological polar surface area (TPSA) is 78.5 Å². The van der Waals surface area contributed by atoms with Gasteiger partial charge in [0.2, 0.25) is 5.91 Å². The molecule has 2 fully saturated rings. The first-order valence-electron chi connectivity index (χ1n) is 8.93. The van der Waals surface area contributed by atoms with E-state index < -0.39 is 5.54 Å². The van der Waals surface area contributed by atoms with Gasteiger partial charge in [0.05, 0.1) is 0 Å². The third kappa shape index (κ3) is 3.38. The maximum atomic E-state index is 12.5. The molecule has 1 aliphatic carbocycles. The molecule has 0 aromatic heterocycles. The number of urea groups is 1. The van der Waals surface area contributed by atoms with E-state index in [0.29, 0.717) is 6.42 Å². The number of rotatable bonds is 5. The van der Waals surface area contributed by atoms with Crippen molar-refractivity contribution in [1.29, 1.82) is 0 Å². The van der Waals surface area contributed by atoms with Crippen LogP contribution in [-0.2, 0) is 9.59 Å². The Balaban J connectivity index is 1.51. The summed E-state index contributed by atoms with van der Waals surface area (Å²) in [5, 5.41) is 5.76. The first-order chi connectivity index (χ1) is 11.9. The third-order valence-electron chi connectivity index (χ3n) is 5.37. The molecule has 1 aliphatic heterocycles. The SMILES string of the molecule is Cc1cccc(NC(=O)CCCN2C(=O)NC3(CCCC3)C2=O)c1C. The average molecular weight is 343 g/mol. The van der Waals surface area contributed by atoms with Gasteiger partial charge in [0.1, 0.15) is 5.54 Å². The van der Waals surface area contributed by atoms with Gasteiger partial charge in [-0.25, -0.2) is 4.79 Å². The fourth-order valence-corrected chi connectivity index (χ4v) is 3.69. The summed E-state index contributed by atoms with van der Waals surface area (Å²) in [5.41, 5.74) is 2.31. The molecule has 25 heavy (non-hydrogen) atoms. The molecule has 1 aromatic carbocycles. The van der Waals surface area contributed by atoms with Gasteiger partial charge in [0.15, 0.2) is 0 Å². The third-order valence-corrected chi connectivity index (χ3v) is 5.37. The van der Waals surface area contributed by atoms with Gasteiger partial charge in [-0.05, 0) is 50.3 Å². The Morgan fingerprint density at radius 2 is 1.96 bits per heavy atom. The number of nitrogens with zero attached hydrogens (tertiary/aromatic N) is 1. The molecule has 3 rings (SSSR count). The van der Waals surface area contributed by atoms with Crippen LogP contribution in [0.1, 0.15) is 49.7 Å². The predicted octanol–water partition coefficient (Wildman–Crippen LogP) is 2.89. The van der Waals surface area contributed by atoms with E-state index in [-0.39, 0.29) is 30.8 Å². The van der Waals surface area contributed by atoms with E-state index in [2.05, 4.69) is 10.6 Å². The molecule has 2 N–H and O–H groups in total. The Labute approximate surface area is 148 Å². The Morgan fingerprint density at radius 1 is 1.24 bits per heavy atom. The zero-order valence-electron chi connectivity index (χ0n) is 14.9. The number of imide groups is 1. The normalized spacial score (nSPS) is 18.7. The van der Waals surface area contributed by atoms with Crippen molar-refractivity contribution in [3.8, 4) is 0 Å². The van der Waals surface area contributed by atoms with E-state index in [1.165, 1.54) is 4.90 Å². The highest BCUT2D eigenvalue weighted by molar-refractivity contribution is 6.07. The summed E-state index contributed by atoms with van der Waals surface area (Å²) in [6, 6.07) is 5.47.